The summed E-state index contributed by atoms with van der Waals surface area (Å²) in [6.45, 7) is 14.1. The van der Waals surface area contributed by atoms with Crippen LogP contribution in [0.5, 0.6) is 0 Å². The molecule has 9 nitrogen and oxygen atoms in total. The third-order valence-corrected chi connectivity index (χ3v) is 5.90. The molecular formula is C21H37N7O2. The zero-order valence-corrected chi connectivity index (χ0v) is 18.4. The number of amides is 2. The Balaban J connectivity index is 1.27. The van der Waals surface area contributed by atoms with Crippen molar-refractivity contribution < 1.29 is 9.53 Å². The summed E-state index contributed by atoms with van der Waals surface area (Å²) in [5.74, 6) is 1.30. The van der Waals surface area contributed by atoms with Gasteiger partial charge in [0.25, 0.3) is 0 Å². The molecule has 2 aliphatic heterocycles. The molecule has 3 rings (SSSR count). The Labute approximate surface area is 180 Å². The van der Waals surface area contributed by atoms with Crippen molar-refractivity contribution in [3.63, 3.8) is 0 Å². The number of aromatic nitrogens is 2. The van der Waals surface area contributed by atoms with Gasteiger partial charge in [0.05, 0.1) is 13.2 Å². The third kappa shape index (κ3) is 7.07. The van der Waals surface area contributed by atoms with Gasteiger partial charge in [0.1, 0.15) is 0 Å². The molecule has 168 valence electrons. The molecule has 2 fully saturated rings. The summed E-state index contributed by atoms with van der Waals surface area (Å²) in [4.78, 5) is 27.9. The highest BCUT2D eigenvalue weighted by Crippen LogP contribution is 2.12. The smallest absolute Gasteiger partial charge is 0.314 e. The first-order chi connectivity index (χ1) is 14.6. The third-order valence-electron chi connectivity index (χ3n) is 5.90. The van der Waals surface area contributed by atoms with E-state index >= 15 is 0 Å². The molecule has 1 aromatic heterocycles. The molecule has 1 unspecified atom stereocenters. The number of urea groups is 1. The minimum absolute atomic E-state index is 0.0695. The highest BCUT2D eigenvalue weighted by Gasteiger charge is 2.24. The van der Waals surface area contributed by atoms with Crippen molar-refractivity contribution >= 4 is 12.0 Å². The maximum Gasteiger partial charge on any atom is 0.314 e. The quantitative estimate of drug-likeness (QED) is 0.568. The number of carbonyl (C=O) groups is 1. The Kier molecular flexibility index (Phi) is 9.10. The predicted octanol–water partition coefficient (Wildman–Crippen LogP) is 0.645. The second-order valence-corrected chi connectivity index (χ2v) is 8.33. The van der Waals surface area contributed by atoms with Gasteiger partial charge in [-0.2, -0.15) is 0 Å². The van der Waals surface area contributed by atoms with Crippen molar-refractivity contribution in [1.82, 2.24) is 30.4 Å². The van der Waals surface area contributed by atoms with E-state index in [0.717, 1.165) is 71.4 Å². The van der Waals surface area contributed by atoms with Crippen molar-refractivity contribution in [1.29, 1.82) is 0 Å². The van der Waals surface area contributed by atoms with Crippen LogP contribution in [0.15, 0.2) is 18.5 Å². The first-order valence-electron chi connectivity index (χ1n) is 11.2. The largest absolute Gasteiger partial charge is 0.379 e. The molecule has 0 saturated carbocycles. The second kappa shape index (κ2) is 12.0. The summed E-state index contributed by atoms with van der Waals surface area (Å²) in [6, 6.07) is 2.12. The van der Waals surface area contributed by atoms with E-state index in [1.807, 2.05) is 6.07 Å². The van der Waals surface area contributed by atoms with Gasteiger partial charge in [-0.1, -0.05) is 13.8 Å². The fourth-order valence-corrected chi connectivity index (χ4v) is 4.09. The number of hydrogen-bond acceptors (Lipinski definition) is 7. The molecule has 1 atom stereocenters. The number of carbonyl (C=O) groups excluding carboxylic acids is 1. The SMILES string of the molecule is CC(C)C(CNC(=O)NCCCN1CCN(c2ncccn2)CC1)N1CCOCC1. The standard InChI is InChI=1S/C21H37N7O2/c1-18(2)19(27-13-15-30-16-14-27)17-25-21(29)24-7-4-8-26-9-11-28(12-10-26)20-22-5-3-6-23-20/h3,5-6,18-19H,4,7-17H2,1-2H3,(H2,24,25,29). The number of morpholine rings is 1. The minimum Gasteiger partial charge on any atom is -0.379 e. The Morgan fingerprint density at radius 2 is 1.77 bits per heavy atom. The highest BCUT2D eigenvalue weighted by molar-refractivity contribution is 5.73. The van der Waals surface area contributed by atoms with Gasteiger partial charge in [0.15, 0.2) is 0 Å². The molecule has 3 heterocycles. The maximum atomic E-state index is 12.2. The summed E-state index contributed by atoms with van der Waals surface area (Å²) in [7, 11) is 0. The molecule has 2 aliphatic rings. The average molecular weight is 420 g/mol. The Bertz CT molecular complexity index is 617. The normalized spacial score (nSPS) is 19.6. The average Bonchev–Trinajstić information content (AvgIpc) is 2.78. The highest BCUT2D eigenvalue weighted by atomic mass is 16.5. The van der Waals surface area contributed by atoms with Crippen LogP contribution in [0.1, 0.15) is 20.3 Å². The molecule has 2 saturated heterocycles. The molecule has 0 radical (unpaired) electrons. The molecule has 2 amide bonds. The van der Waals surface area contributed by atoms with E-state index in [2.05, 4.69) is 49.1 Å². The maximum absolute atomic E-state index is 12.2. The van der Waals surface area contributed by atoms with Gasteiger partial charge < -0.3 is 20.3 Å². The zero-order chi connectivity index (χ0) is 21.2. The van der Waals surface area contributed by atoms with Crippen molar-refractivity contribution in [3.05, 3.63) is 18.5 Å². The molecule has 30 heavy (non-hydrogen) atoms. The van der Waals surface area contributed by atoms with E-state index < -0.39 is 0 Å². The predicted molar refractivity (Wildman–Crippen MR) is 118 cm³/mol. The molecule has 0 aliphatic carbocycles. The van der Waals surface area contributed by atoms with Crippen molar-refractivity contribution in [2.45, 2.75) is 26.3 Å². The molecule has 1 aromatic rings. The Morgan fingerprint density at radius 1 is 1.07 bits per heavy atom. The van der Waals surface area contributed by atoms with Crippen molar-refractivity contribution in [3.8, 4) is 0 Å². The van der Waals surface area contributed by atoms with Crippen molar-refractivity contribution in [2.24, 2.45) is 5.92 Å². The lowest BCUT2D eigenvalue weighted by Crippen LogP contribution is -2.52. The van der Waals surface area contributed by atoms with Crippen LogP contribution >= 0.6 is 0 Å². The minimum atomic E-state index is -0.0695. The topological polar surface area (TPSA) is 85.9 Å². The summed E-state index contributed by atoms with van der Waals surface area (Å²) >= 11 is 0. The Morgan fingerprint density at radius 3 is 2.43 bits per heavy atom. The van der Waals surface area contributed by atoms with Crippen LogP contribution in [0.25, 0.3) is 0 Å². The number of nitrogens with zero attached hydrogens (tertiary/aromatic N) is 5. The van der Waals surface area contributed by atoms with Gasteiger partial charge in [-0.15, -0.1) is 0 Å². The number of piperazine rings is 1. The van der Waals surface area contributed by atoms with Crippen LogP contribution in [-0.4, -0.2) is 104 Å². The lowest BCUT2D eigenvalue weighted by atomic mass is 10.0. The molecule has 0 spiro atoms. The monoisotopic (exact) mass is 419 g/mol. The van der Waals surface area contributed by atoms with E-state index in [4.69, 9.17) is 4.74 Å². The van der Waals surface area contributed by atoms with Crippen LogP contribution in [0.2, 0.25) is 0 Å². The van der Waals surface area contributed by atoms with E-state index in [1.54, 1.807) is 12.4 Å². The summed E-state index contributed by atoms with van der Waals surface area (Å²) in [6.07, 6.45) is 4.53. The molecule has 0 bridgehead atoms. The number of ether oxygens (including phenoxy) is 1. The first-order valence-corrected chi connectivity index (χ1v) is 11.2. The Hall–Kier alpha value is -1.97. The van der Waals surface area contributed by atoms with Crippen LogP contribution in [-0.2, 0) is 4.74 Å². The van der Waals surface area contributed by atoms with Crippen LogP contribution in [0.4, 0.5) is 10.7 Å². The number of rotatable bonds is 9. The van der Waals surface area contributed by atoms with E-state index in [1.165, 1.54) is 0 Å². The van der Waals surface area contributed by atoms with Crippen LogP contribution in [0, 0.1) is 5.92 Å². The summed E-state index contributed by atoms with van der Waals surface area (Å²) in [5, 5.41) is 6.06. The first kappa shape index (κ1) is 22.7. The van der Waals surface area contributed by atoms with Gasteiger partial charge >= 0.3 is 6.03 Å². The van der Waals surface area contributed by atoms with Gasteiger partial charge in [-0.05, 0) is 24.9 Å². The molecule has 0 aromatic carbocycles. The van der Waals surface area contributed by atoms with Gasteiger partial charge in [0, 0.05) is 70.8 Å². The number of anilines is 1. The fraction of sp³-hybridized carbons (Fsp3) is 0.762. The van der Waals surface area contributed by atoms with Gasteiger partial charge in [-0.3, -0.25) is 9.80 Å². The molecule has 2 N–H and O–H groups in total. The van der Waals surface area contributed by atoms with Gasteiger partial charge in [0.2, 0.25) is 5.95 Å². The van der Waals surface area contributed by atoms with Crippen LogP contribution < -0.4 is 15.5 Å². The van der Waals surface area contributed by atoms with Crippen LogP contribution in [0.3, 0.4) is 0 Å². The lowest BCUT2D eigenvalue weighted by Gasteiger charge is -2.36. The summed E-state index contributed by atoms with van der Waals surface area (Å²) < 4.78 is 5.44. The fourth-order valence-electron chi connectivity index (χ4n) is 4.09. The van der Waals surface area contributed by atoms with Gasteiger partial charge in [-0.25, -0.2) is 14.8 Å². The molecular weight excluding hydrogens is 382 g/mol. The van der Waals surface area contributed by atoms with E-state index in [9.17, 15) is 4.79 Å². The van der Waals surface area contributed by atoms with Crippen molar-refractivity contribution in [2.75, 3.05) is 77.0 Å². The summed E-state index contributed by atoms with van der Waals surface area (Å²) in [5.41, 5.74) is 0. The lowest BCUT2D eigenvalue weighted by molar-refractivity contribution is 0.00720. The number of hydrogen-bond donors (Lipinski definition) is 2. The van der Waals surface area contributed by atoms with E-state index in [-0.39, 0.29) is 6.03 Å². The zero-order valence-electron chi connectivity index (χ0n) is 18.4. The van der Waals surface area contributed by atoms with E-state index in [0.29, 0.717) is 25.0 Å². The molecule has 9 heteroatoms. The second-order valence-electron chi connectivity index (χ2n) is 8.33. The number of nitrogens with one attached hydrogen (secondary N) is 2.